The van der Waals surface area contributed by atoms with Gasteiger partial charge in [-0.25, -0.2) is 4.39 Å². The van der Waals surface area contributed by atoms with E-state index in [1.165, 1.54) is 12.1 Å². The summed E-state index contributed by atoms with van der Waals surface area (Å²) in [6.07, 6.45) is 4.76. The number of benzene rings is 1. The van der Waals surface area contributed by atoms with Gasteiger partial charge in [-0.15, -0.1) is 0 Å². The number of halogens is 1. The van der Waals surface area contributed by atoms with Gasteiger partial charge in [-0.1, -0.05) is 26.7 Å². The zero-order valence-corrected chi connectivity index (χ0v) is 12.9. The van der Waals surface area contributed by atoms with Gasteiger partial charge in [-0.2, -0.15) is 0 Å². The molecule has 0 aromatic heterocycles. The third kappa shape index (κ3) is 3.96. The fraction of sp³-hybridized carbons (Fsp3) is 0.588. The van der Waals surface area contributed by atoms with Crippen LogP contribution in [0, 0.1) is 17.7 Å². The maximum absolute atomic E-state index is 13.0. The fourth-order valence-electron chi connectivity index (χ4n) is 3.47. The number of primary amides is 1. The van der Waals surface area contributed by atoms with E-state index in [0.717, 1.165) is 37.8 Å². The van der Waals surface area contributed by atoms with Crippen molar-refractivity contribution in [2.75, 3.05) is 5.32 Å². The molecule has 21 heavy (non-hydrogen) atoms. The van der Waals surface area contributed by atoms with Crippen LogP contribution in [-0.4, -0.2) is 11.4 Å². The van der Waals surface area contributed by atoms with Crippen LogP contribution in [0.1, 0.15) is 46.0 Å². The second-order valence-corrected chi connectivity index (χ2v) is 6.67. The summed E-state index contributed by atoms with van der Waals surface area (Å²) in [7, 11) is 0. The molecule has 0 aliphatic heterocycles. The second kappa shape index (κ2) is 6.46. The lowest BCUT2D eigenvalue weighted by Gasteiger charge is -2.40. The lowest BCUT2D eigenvalue weighted by molar-refractivity contribution is -0.123. The van der Waals surface area contributed by atoms with Crippen molar-refractivity contribution in [1.29, 1.82) is 0 Å². The lowest BCUT2D eigenvalue weighted by atomic mass is 9.72. The first-order chi connectivity index (χ1) is 9.91. The van der Waals surface area contributed by atoms with Gasteiger partial charge in [0.15, 0.2) is 0 Å². The van der Waals surface area contributed by atoms with Crippen LogP contribution in [0.25, 0.3) is 0 Å². The van der Waals surface area contributed by atoms with Crippen LogP contribution in [-0.2, 0) is 4.79 Å². The number of carbonyl (C=O) groups excluding carboxylic acids is 1. The van der Waals surface area contributed by atoms with Crippen molar-refractivity contribution >= 4 is 11.6 Å². The zero-order valence-electron chi connectivity index (χ0n) is 12.9. The first-order valence-corrected chi connectivity index (χ1v) is 7.75. The molecule has 1 aromatic rings. The molecule has 0 saturated heterocycles. The smallest absolute Gasteiger partial charge is 0.243 e. The predicted molar refractivity (Wildman–Crippen MR) is 83.4 cm³/mol. The molecule has 0 bridgehead atoms. The number of rotatable bonds is 5. The molecular weight excluding hydrogens is 267 g/mol. The topological polar surface area (TPSA) is 55.1 Å². The van der Waals surface area contributed by atoms with Crippen LogP contribution >= 0.6 is 0 Å². The summed E-state index contributed by atoms with van der Waals surface area (Å²) in [5.41, 5.74) is 5.75. The first-order valence-electron chi connectivity index (χ1n) is 7.75. The molecule has 1 aliphatic carbocycles. The minimum Gasteiger partial charge on any atom is -0.371 e. The summed E-state index contributed by atoms with van der Waals surface area (Å²) in [4.78, 5) is 12.1. The molecular formula is C17H25FN2O. The normalized spacial score (nSPS) is 25.8. The summed E-state index contributed by atoms with van der Waals surface area (Å²) in [6.45, 7) is 4.40. The molecule has 2 unspecified atom stereocenters. The maximum Gasteiger partial charge on any atom is 0.243 e. The van der Waals surface area contributed by atoms with E-state index in [-0.39, 0.29) is 11.7 Å². The molecule has 1 aromatic carbocycles. The monoisotopic (exact) mass is 292 g/mol. The highest BCUT2D eigenvalue weighted by Gasteiger charge is 2.41. The highest BCUT2D eigenvalue weighted by atomic mass is 19.1. The van der Waals surface area contributed by atoms with Crippen LogP contribution in [0.3, 0.4) is 0 Å². The van der Waals surface area contributed by atoms with Crippen LogP contribution in [0.5, 0.6) is 0 Å². The molecule has 1 amide bonds. The van der Waals surface area contributed by atoms with E-state index in [0.29, 0.717) is 11.8 Å². The van der Waals surface area contributed by atoms with Crippen molar-refractivity contribution < 1.29 is 9.18 Å². The summed E-state index contributed by atoms with van der Waals surface area (Å²) >= 11 is 0. The maximum atomic E-state index is 13.0. The SMILES string of the molecule is CC(C)CC1CCCC(Nc2ccc(F)cc2)(C(N)=O)C1. The van der Waals surface area contributed by atoms with E-state index in [1.807, 2.05) is 0 Å². The van der Waals surface area contributed by atoms with E-state index >= 15 is 0 Å². The Hall–Kier alpha value is -1.58. The Labute approximate surface area is 126 Å². The summed E-state index contributed by atoms with van der Waals surface area (Å²) in [5, 5.41) is 3.28. The van der Waals surface area contributed by atoms with E-state index < -0.39 is 5.54 Å². The Morgan fingerprint density at radius 1 is 1.43 bits per heavy atom. The molecule has 3 nitrogen and oxygen atoms in total. The third-order valence-electron chi connectivity index (χ3n) is 4.36. The van der Waals surface area contributed by atoms with Gasteiger partial charge < -0.3 is 11.1 Å². The number of carbonyl (C=O) groups is 1. The van der Waals surface area contributed by atoms with Gasteiger partial charge in [0.1, 0.15) is 11.4 Å². The van der Waals surface area contributed by atoms with E-state index in [4.69, 9.17) is 5.73 Å². The zero-order chi connectivity index (χ0) is 15.5. The van der Waals surface area contributed by atoms with E-state index in [2.05, 4.69) is 19.2 Å². The second-order valence-electron chi connectivity index (χ2n) is 6.67. The highest BCUT2D eigenvalue weighted by Crippen LogP contribution is 2.38. The number of hydrogen-bond donors (Lipinski definition) is 2. The van der Waals surface area contributed by atoms with Crippen LogP contribution < -0.4 is 11.1 Å². The van der Waals surface area contributed by atoms with E-state index in [9.17, 15) is 9.18 Å². The molecule has 0 heterocycles. The molecule has 2 atom stereocenters. The minimum absolute atomic E-state index is 0.282. The molecule has 1 saturated carbocycles. The number of anilines is 1. The van der Waals surface area contributed by atoms with Crippen molar-refractivity contribution in [3.8, 4) is 0 Å². The third-order valence-corrected chi connectivity index (χ3v) is 4.36. The summed E-state index contributed by atoms with van der Waals surface area (Å²) < 4.78 is 13.0. The van der Waals surface area contributed by atoms with Crippen LogP contribution in [0.4, 0.5) is 10.1 Å². The van der Waals surface area contributed by atoms with Gasteiger partial charge in [0, 0.05) is 5.69 Å². The Balaban J connectivity index is 2.16. The Morgan fingerprint density at radius 2 is 2.10 bits per heavy atom. The Bertz CT molecular complexity index is 486. The van der Waals surface area contributed by atoms with Gasteiger partial charge >= 0.3 is 0 Å². The van der Waals surface area contributed by atoms with Gasteiger partial charge in [0.2, 0.25) is 5.91 Å². The van der Waals surface area contributed by atoms with Crippen molar-refractivity contribution in [3.63, 3.8) is 0 Å². The number of amides is 1. The highest BCUT2D eigenvalue weighted by molar-refractivity contribution is 5.88. The van der Waals surface area contributed by atoms with Crippen LogP contribution in [0.2, 0.25) is 0 Å². The Kier molecular flexibility index (Phi) is 4.86. The average molecular weight is 292 g/mol. The molecule has 3 N–H and O–H groups in total. The number of hydrogen-bond acceptors (Lipinski definition) is 2. The van der Waals surface area contributed by atoms with Gasteiger partial charge in [-0.3, -0.25) is 4.79 Å². The minimum atomic E-state index is -0.699. The summed E-state index contributed by atoms with van der Waals surface area (Å²) in [5.74, 6) is 0.541. The summed E-state index contributed by atoms with van der Waals surface area (Å²) in [6, 6.07) is 6.11. The molecule has 1 aliphatic rings. The largest absolute Gasteiger partial charge is 0.371 e. The molecule has 2 rings (SSSR count). The van der Waals surface area contributed by atoms with Gasteiger partial charge in [0.25, 0.3) is 0 Å². The van der Waals surface area contributed by atoms with Crippen molar-refractivity contribution in [3.05, 3.63) is 30.1 Å². The number of nitrogens with two attached hydrogens (primary N) is 1. The number of nitrogens with one attached hydrogen (secondary N) is 1. The molecule has 116 valence electrons. The molecule has 4 heteroatoms. The standard InChI is InChI=1S/C17H25FN2O/c1-12(2)10-13-4-3-9-17(11-13,16(19)21)20-15-7-5-14(18)6-8-15/h5-8,12-13,20H,3-4,9-11H2,1-2H3,(H2,19,21). The average Bonchev–Trinajstić information content (AvgIpc) is 2.41. The fourth-order valence-corrected chi connectivity index (χ4v) is 3.47. The van der Waals surface area contributed by atoms with Crippen LogP contribution in [0.15, 0.2) is 24.3 Å². The molecule has 0 spiro atoms. The van der Waals surface area contributed by atoms with E-state index in [1.54, 1.807) is 12.1 Å². The van der Waals surface area contributed by atoms with Gasteiger partial charge in [0.05, 0.1) is 0 Å². The predicted octanol–water partition coefficient (Wildman–Crippen LogP) is 3.70. The van der Waals surface area contributed by atoms with Crippen molar-refractivity contribution in [2.45, 2.75) is 51.5 Å². The molecule has 0 radical (unpaired) electrons. The van der Waals surface area contributed by atoms with Crippen molar-refractivity contribution in [1.82, 2.24) is 0 Å². The quantitative estimate of drug-likeness (QED) is 0.869. The first kappa shape index (κ1) is 15.8. The Morgan fingerprint density at radius 3 is 2.67 bits per heavy atom. The molecule has 1 fully saturated rings. The lowest BCUT2D eigenvalue weighted by Crippen LogP contribution is -2.53. The van der Waals surface area contributed by atoms with Gasteiger partial charge in [-0.05, 0) is 55.4 Å². The van der Waals surface area contributed by atoms with Crippen molar-refractivity contribution in [2.24, 2.45) is 17.6 Å².